The summed E-state index contributed by atoms with van der Waals surface area (Å²) in [6.45, 7) is -4.06. The van der Waals surface area contributed by atoms with Crippen LogP contribution in [0.2, 0.25) is 0 Å². The number of amides is 1. The average molecular weight is 534 g/mol. The maximum Gasteiger partial charge on any atom is 0.459 e. The summed E-state index contributed by atoms with van der Waals surface area (Å²) in [4.78, 5) is 17.9. The molecule has 1 heterocycles. The number of nitrogens with two attached hydrogens (primary N) is 1. The molecule has 2 aliphatic rings. The predicted molar refractivity (Wildman–Crippen MR) is 117 cm³/mol. The second-order valence-electron chi connectivity index (χ2n) is 8.26. The third kappa shape index (κ3) is 5.62. The van der Waals surface area contributed by atoms with Crippen molar-refractivity contribution in [3.8, 4) is 6.07 Å². The lowest BCUT2D eigenvalue weighted by Gasteiger charge is -2.25. The third-order valence-electron chi connectivity index (χ3n) is 5.80. The lowest BCUT2D eigenvalue weighted by atomic mass is 9.95. The SMILES string of the molecule is CN=C(C(OC(F)F)=C(N)C(F)(F)C(F)(F)F)N1CC(c2ccc(C#N)c(C(=O)N(C)C3CC3)c2)C=N1. The van der Waals surface area contributed by atoms with Gasteiger partial charge in [-0.05, 0) is 30.5 Å². The molecule has 1 aliphatic carbocycles. The van der Waals surface area contributed by atoms with Crippen LogP contribution < -0.4 is 5.73 Å². The number of hydrazone groups is 1. The minimum Gasteiger partial charge on any atom is -0.429 e. The Morgan fingerprint density at radius 1 is 1.30 bits per heavy atom. The number of alkyl halides is 7. The van der Waals surface area contributed by atoms with Gasteiger partial charge in [-0.2, -0.15) is 41.1 Å². The molecule has 3 rings (SSSR count). The highest BCUT2D eigenvalue weighted by Gasteiger charge is 2.61. The van der Waals surface area contributed by atoms with Crippen LogP contribution >= 0.6 is 0 Å². The van der Waals surface area contributed by atoms with Gasteiger partial charge in [0.2, 0.25) is 0 Å². The van der Waals surface area contributed by atoms with Crippen molar-refractivity contribution in [2.75, 3.05) is 20.6 Å². The molecular weight excluding hydrogens is 513 g/mol. The summed E-state index contributed by atoms with van der Waals surface area (Å²) in [5.41, 5.74) is 3.34. The molecule has 1 atom stereocenters. The minimum absolute atomic E-state index is 0.0647. The maximum absolute atomic E-state index is 13.9. The first-order valence-electron chi connectivity index (χ1n) is 10.7. The fourth-order valence-corrected chi connectivity index (χ4v) is 3.61. The van der Waals surface area contributed by atoms with Crippen molar-refractivity contribution in [1.82, 2.24) is 9.91 Å². The Labute approximate surface area is 206 Å². The number of nitrogens with zero attached hydrogens (tertiary/aromatic N) is 5. The van der Waals surface area contributed by atoms with E-state index in [0.29, 0.717) is 5.56 Å². The highest BCUT2D eigenvalue weighted by atomic mass is 19.4. The summed E-state index contributed by atoms with van der Waals surface area (Å²) in [5.74, 6) is -9.34. The van der Waals surface area contributed by atoms with Crippen LogP contribution in [-0.4, -0.2) is 73.3 Å². The third-order valence-corrected chi connectivity index (χ3v) is 5.80. The molecule has 1 saturated carbocycles. The van der Waals surface area contributed by atoms with Gasteiger partial charge >= 0.3 is 18.7 Å². The Kier molecular flexibility index (Phi) is 7.70. The van der Waals surface area contributed by atoms with E-state index in [9.17, 15) is 40.8 Å². The molecule has 1 aliphatic heterocycles. The van der Waals surface area contributed by atoms with Gasteiger partial charge < -0.3 is 15.4 Å². The molecule has 1 amide bonds. The molecule has 0 radical (unpaired) electrons. The number of halogens is 7. The van der Waals surface area contributed by atoms with Gasteiger partial charge in [0.15, 0.2) is 11.6 Å². The van der Waals surface area contributed by atoms with Gasteiger partial charge in [-0.3, -0.25) is 9.79 Å². The first kappa shape index (κ1) is 27.8. The first-order valence-corrected chi connectivity index (χ1v) is 10.7. The van der Waals surface area contributed by atoms with Crippen molar-refractivity contribution in [2.24, 2.45) is 15.8 Å². The maximum atomic E-state index is 13.9. The number of rotatable bonds is 7. The fraction of sp³-hybridized carbons (Fsp3) is 0.455. The van der Waals surface area contributed by atoms with Crippen molar-refractivity contribution in [3.63, 3.8) is 0 Å². The van der Waals surface area contributed by atoms with Gasteiger partial charge in [0, 0.05) is 32.3 Å². The van der Waals surface area contributed by atoms with Crippen LogP contribution in [0.25, 0.3) is 0 Å². The Morgan fingerprint density at radius 2 is 1.95 bits per heavy atom. The number of carbonyl (C=O) groups is 1. The van der Waals surface area contributed by atoms with E-state index < -0.39 is 41.9 Å². The largest absolute Gasteiger partial charge is 0.459 e. The molecule has 1 unspecified atom stereocenters. The van der Waals surface area contributed by atoms with Gasteiger partial charge in [-0.25, -0.2) is 5.01 Å². The van der Waals surface area contributed by atoms with Gasteiger partial charge in [-0.15, -0.1) is 0 Å². The number of hydrogen-bond donors (Lipinski definition) is 1. The van der Waals surface area contributed by atoms with E-state index in [1.54, 1.807) is 7.05 Å². The zero-order valence-corrected chi connectivity index (χ0v) is 19.4. The van der Waals surface area contributed by atoms with Crippen LogP contribution in [-0.2, 0) is 4.74 Å². The minimum atomic E-state index is -6.19. The van der Waals surface area contributed by atoms with Crippen molar-refractivity contribution in [3.05, 3.63) is 46.3 Å². The second-order valence-corrected chi connectivity index (χ2v) is 8.26. The van der Waals surface area contributed by atoms with E-state index in [-0.39, 0.29) is 29.6 Å². The summed E-state index contributed by atoms with van der Waals surface area (Å²) in [6, 6.07) is 6.36. The molecule has 2 N–H and O–H groups in total. The number of nitriles is 1. The zero-order chi connectivity index (χ0) is 27.7. The van der Waals surface area contributed by atoms with Crippen molar-refractivity contribution in [2.45, 2.75) is 43.5 Å². The van der Waals surface area contributed by atoms with Gasteiger partial charge in [0.25, 0.3) is 5.91 Å². The van der Waals surface area contributed by atoms with E-state index in [1.165, 1.54) is 29.3 Å². The summed E-state index contributed by atoms with van der Waals surface area (Å²) in [7, 11) is 2.55. The molecule has 0 bridgehead atoms. The van der Waals surface area contributed by atoms with Crippen molar-refractivity contribution >= 4 is 18.0 Å². The molecule has 0 spiro atoms. The van der Waals surface area contributed by atoms with Crippen molar-refractivity contribution in [1.29, 1.82) is 5.26 Å². The summed E-state index contributed by atoms with van der Waals surface area (Å²) < 4.78 is 96.1. The highest BCUT2D eigenvalue weighted by molar-refractivity contribution is 5.99. The van der Waals surface area contributed by atoms with E-state index in [1.807, 2.05) is 6.07 Å². The van der Waals surface area contributed by atoms with Crippen LogP contribution in [0.4, 0.5) is 30.7 Å². The molecule has 1 fully saturated rings. The summed E-state index contributed by atoms with van der Waals surface area (Å²) in [5, 5.41) is 14.1. The fourth-order valence-electron chi connectivity index (χ4n) is 3.61. The zero-order valence-electron chi connectivity index (χ0n) is 19.4. The van der Waals surface area contributed by atoms with Gasteiger partial charge in [0.05, 0.1) is 23.7 Å². The number of amidine groups is 1. The molecule has 1 aromatic rings. The molecule has 200 valence electrons. The van der Waals surface area contributed by atoms with Crippen LogP contribution in [0.15, 0.2) is 39.7 Å². The predicted octanol–water partition coefficient (Wildman–Crippen LogP) is 3.81. The lowest BCUT2D eigenvalue weighted by Crippen LogP contribution is -2.44. The number of allylic oxidation sites excluding steroid dienone is 1. The molecule has 8 nitrogen and oxygen atoms in total. The molecule has 37 heavy (non-hydrogen) atoms. The number of benzene rings is 1. The number of carbonyl (C=O) groups excluding carboxylic acids is 1. The second kappa shape index (κ2) is 10.3. The Bertz CT molecular complexity index is 1180. The number of aliphatic imine (C=N–C) groups is 1. The van der Waals surface area contributed by atoms with Crippen LogP contribution in [0, 0.1) is 11.3 Å². The van der Waals surface area contributed by atoms with E-state index in [0.717, 1.165) is 24.9 Å². The highest BCUT2D eigenvalue weighted by Crippen LogP contribution is 2.41. The van der Waals surface area contributed by atoms with E-state index >= 15 is 0 Å². The first-order chi connectivity index (χ1) is 17.2. The average Bonchev–Trinajstić information content (AvgIpc) is 3.58. The van der Waals surface area contributed by atoms with Gasteiger partial charge in [0.1, 0.15) is 5.70 Å². The van der Waals surface area contributed by atoms with Crippen LogP contribution in [0.3, 0.4) is 0 Å². The van der Waals surface area contributed by atoms with E-state index in [2.05, 4.69) is 14.8 Å². The molecule has 0 aromatic heterocycles. The normalized spacial score (nSPS) is 19.1. The molecule has 0 saturated heterocycles. The number of hydrogen-bond acceptors (Lipinski definition) is 6. The Morgan fingerprint density at radius 3 is 2.46 bits per heavy atom. The number of ether oxygens (including phenoxy) is 1. The topological polar surface area (TPSA) is 107 Å². The smallest absolute Gasteiger partial charge is 0.429 e. The Balaban J connectivity index is 1.92. The molecule has 15 heteroatoms. The monoisotopic (exact) mass is 534 g/mol. The van der Waals surface area contributed by atoms with Crippen LogP contribution in [0.1, 0.15) is 40.2 Å². The standard InChI is InChI=1S/C22H21F7N6O2/c1-32-18(16(37-20(23)24)17(31)21(25,26)22(27,28)29)35-10-13(9-33-35)11-3-4-12(8-30)15(7-11)19(36)34(2)14-5-6-14/h3-4,7,9,13-14,20H,5-6,10,31H2,1-2H3. The lowest BCUT2D eigenvalue weighted by molar-refractivity contribution is -0.266. The Hall–Kier alpha value is -3.83. The van der Waals surface area contributed by atoms with Crippen LogP contribution in [0.5, 0.6) is 0 Å². The van der Waals surface area contributed by atoms with E-state index in [4.69, 9.17) is 5.73 Å². The quantitative estimate of drug-likeness (QED) is 0.248. The van der Waals surface area contributed by atoms with Gasteiger partial charge in [-0.1, -0.05) is 6.07 Å². The van der Waals surface area contributed by atoms with Crippen molar-refractivity contribution < 1.29 is 40.3 Å². The molecular formula is C22H21F7N6O2. The molecule has 1 aromatic carbocycles. The summed E-state index contributed by atoms with van der Waals surface area (Å²) in [6.07, 6.45) is -3.27. The summed E-state index contributed by atoms with van der Waals surface area (Å²) >= 11 is 0.